The van der Waals surface area contributed by atoms with Crippen molar-refractivity contribution in [3.8, 4) is 5.75 Å². The number of anilines is 1. The van der Waals surface area contributed by atoms with Crippen molar-refractivity contribution < 1.29 is 5.11 Å². The summed E-state index contributed by atoms with van der Waals surface area (Å²) in [4.78, 5) is 18.2. The first-order valence-corrected chi connectivity index (χ1v) is 5.20. The monoisotopic (exact) mass is 231 g/mol. The maximum absolute atomic E-state index is 11.7. The molecule has 2 aromatic rings. The predicted octanol–water partition coefficient (Wildman–Crippen LogP) is 0.957. The minimum atomic E-state index is -0.266. The Morgan fingerprint density at radius 2 is 2.12 bits per heavy atom. The second kappa shape index (κ2) is 4.29. The Balaban J connectivity index is 2.44. The first-order valence-electron chi connectivity index (χ1n) is 5.20. The molecule has 88 valence electrons. The average molecular weight is 231 g/mol. The lowest BCUT2D eigenvalue weighted by Gasteiger charge is -2.06. The number of rotatable bonds is 2. The number of nitrogens with one attached hydrogen (secondary N) is 1. The van der Waals surface area contributed by atoms with Crippen LogP contribution in [-0.2, 0) is 6.42 Å². The topological polar surface area (TPSA) is 92.0 Å². The second-order valence-corrected chi connectivity index (χ2v) is 3.82. The number of H-pyrrole nitrogens is 1. The fourth-order valence-corrected chi connectivity index (χ4v) is 1.69. The Hall–Kier alpha value is -2.30. The summed E-state index contributed by atoms with van der Waals surface area (Å²) < 4.78 is 0. The third kappa shape index (κ3) is 2.28. The summed E-state index contributed by atoms with van der Waals surface area (Å²) in [6.45, 7) is 1.72. The van der Waals surface area contributed by atoms with Gasteiger partial charge < -0.3 is 10.8 Å². The maximum Gasteiger partial charge on any atom is 0.256 e. The van der Waals surface area contributed by atoms with E-state index in [4.69, 9.17) is 5.73 Å². The highest BCUT2D eigenvalue weighted by Gasteiger charge is 2.09. The van der Waals surface area contributed by atoms with Crippen molar-refractivity contribution in [2.75, 3.05) is 5.73 Å². The maximum atomic E-state index is 11.7. The van der Waals surface area contributed by atoms with Gasteiger partial charge in [0.15, 0.2) is 0 Å². The fourth-order valence-electron chi connectivity index (χ4n) is 1.69. The zero-order valence-corrected chi connectivity index (χ0v) is 9.40. The molecule has 2 rings (SSSR count). The molecule has 0 atom stereocenters. The van der Waals surface area contributed by atoms with E-state index >= 15 is 0 Å². The van der Waals surface area contributed by atoms with E-state index in [9.17, 15) is 9.90 Å². The van der Waals surface area contributed by atoms with Gasteiger partial charge in [0.05, 0.1) is 5.69 Å². The predicted molar refractivity (Wildman–Crippen MR) is 64.9 cm³/mol. The van der Waals surface area contributed by atoms with E-state index in [1.54, 1.807) is 25.1 Å². The highest BCUT2D eigenvalue weighted by Crippen LogP contribution is 2.19. The first-order chi connectivity index (χ1) is 8.08. The quantitative estimate of drug-likeness (QED) is 0.717. The van der Waals surface area contributed by atoms with Gasteiger partial charge >= 0.3 is 0 Å². The van der Waals surface area contributed by atoms with Gasteiger partial charge in [0.1, 0.15) is 5.75 Å². The Bertz CT molecular complexity index is 605. The Morgan fingerprint density at radius 1 is 1.41 bits per heavy atom. The Morgan fingerprint density at radius 3 is 2.76 bits per heavy atom. The molecule has 4 N–H and O–H groups in total. The van der Waals surface area contributed by atoms with Gasteiger partial charge in [-0.2, -0.15) is 0 Å². The van der Waals surface area contributed by atoms with Gasteiger partial charge in [-0.15, -0.1) is 0 Å². The van der Waals surface area contributed by atoms with Crippen molar-refractivity contribution in [1.29, 1.82) is 0 Å². The van der Waals surface area contributed by atoms with Gasteiger partial charge in [0.2, 0.25) is 5.95 Å². The molecule has 1 aromatic carbocycles. The standard InChI is InChI=1S/C12H13N3O2/c1-7-9(11(17)15-12(13)14-7)6-8-4-2-3-5-10(8)16/h2-5,16H,6H2,1H3,(H3,13,14,15,17). The number of benzene rings is 1. The van der Waals surface area contributed by atoms with Crippen molar-refractivity contribution in [2.24, 2.45) is 0 Å². The molecule has 0 radical (unpaired) electrons. The molecule has 0 aliphatic heterocycles. The lowest BCUT2D eigenvalue weighted by atomic mass is 10.0. The zero-order chi connectivity index (χ0) is 12.4. The number of aryl methyl sites for hydroxylation is 1. The Kier molecular flexibility index (Phi) is 2.82. The van der Waals surface area contributed by atoms with E-state index in [0.717, 1.165) is 0 Å². The van der Waals surface area contributed by atoms with Crippen molar-refractivity contribution >= 4 is 5.95 Å². The van der Waals surface area contributed by atoms with Crippen LogP contribution in [0.3, 0.4) is 0 Å². The van der Waals surface area contributed by atoms with E-state index < -0.39 is 0 Å². The molecule has 5 nitrogen and oxygen atoms in total. The van der Waals surface area contributed by atoms with Gasteiger partial charge in [0.25, 0.3) is 5.56 Å². The fraction of sp³-hybridized carbons (Fsp3) is 0.167. The number of hydrogen-bond acceptors (Lipinski definition) is 4. The number of aromatic hydroxyl groups is 1. The minimum Gasteiger partial charge on any atom is -0.508 e. The van der Waals surface area contributed by atoms with Gasteiger partial charge in [0, 0.05) is 12.0 Å². The molecule has 0 amide bonds. The van der Waals surface area contributed by atoms with Crippen LogP contribution in [-0.4, -0.2) is 15.1 Å². The van der Waals surface area contributed by atoms with Crippen LogP contribution in [0.25, 0.3) is 0 Å². The average Bonchev–Trinajstić information content (AvgIpc) is 2.25. The summed E-state index contributed by atoms with van der Waals surface area (Å²) in [5, 5.41) is 9.65. The molecule has 0 saturated carbocycles. The van der Waals surface area contributed by atoms with Crippen LogP contribution in [0.1, 0.15) is 16.8 Å². The van der Waals surface area contributed by atoms with E-state index in [-0.39, 0.29) is 17.3 Å². The van der Waals surface area contributed by atoms with E-state index in [1.807, 2.05) is 6.07 Å². The number of hydrogen-bond donors (Lipinski definition) is 3. The molecule has 0 aliphatic carbocycles. The highest BCUT2D eigenvalue weighted by atomic mass is 16.3. The van der Waals surface area contributed by atoms with Crippen molar-refractivity contribution in [3.05, 3.63) is 51.4 Å². The lowest BCUT2D eigenvalue weighted by molar-refractivity contribution is 0.469. The number of nitrogens with two attached hydrogens (primary N) is 1. The van der Waals surface area contributed by atoms with Crippen molar-refractivity contribution in [2.45, 2.75) is 13.3 Å². The summed E-state index contributed by atoms with van der Waals surface area (Å²) in [5.74, 6) is 0.275. The molecule has 0 fully saturated rings. The first kappa shape index (κ1) is 11.2. The van der Waals surface area contributed by atoms with Gasteiger partial charge in [-0.05, 0) is 18.6 Å². The summed E-state index contributed by atoms with van der Waals surface area (Å²) in [6, 6.07) is 6.90. The Labute approximate surface area is 98.0 Å². The lowest BCUT2D eigenvalue weighted by Crippen LogP contribution is -2.18. The number of phenols is 1. The van der Waals surface area contributed by atoms with Crippen LogP contribution in [0.15, 0.2) is 29.1 Å². The van der Waals surface area contributed by atoms with Crippen LogP contribution in [0.4, 0.5) is 5.95 Å². The summed E-state index contributed by atoms with van der Waals surface area (Å²) in [5.41, 5.74) is 6.95. The number of para-hydroxylation sites is 1. The van der Waals surface area contributed by atoms with Gasteiger partial charge in [-0.1, -0.05) is 18.2 Å². The number of nitrogen functional groups attached to an aromatic ring is 1. The molecular weight excluding hydrogens is 218 g/mol. The van der Waals surface area contributed by atoms with E-state index in [0.29, 0.717) is 23.2 Å². The highest BCUT2D eigenvalue weighted by molar-refractivity contribution is 5.37. The number of nitrogens with zero attached hydrogens (tertiary/aromatic N) is 1. The third-order valence-corrected chi connectivity index (χ3v) is 2.60. The molecule has 0 bridgehead atoms. The minimum absolute atomic E-state index is 0.105. The van der Waals surface area contributed by atoms with Crippen LogP contribution in [0.2, 0.25) is 0 Å². The third-order valence-electron chi connectivity index (χ3n) is 2.60. The molecule has 1 heterocycles. The van der Waals surface area contributed by atoms with E-state index in [1.165, 1.54) is 0 Å². The molecular formula is C12H13N3O2. The summed E-state index contributed by atoms with van der Waals surface area (Å²) >= 11 is 0. The van der Waals surface area contributed by atoms with Crippen LogP contribution in [0, 0.1) is 6.92 Å². The molecule has 1 aromatic heterocycles. The molecule has 0 aliphatic rings. The summed E-state index contributed by atoms with van der Waals surface area (Å²) in [7, 11) is 0. The largest absolute Gasteiger partial charge is 0.508 e. The summed E-state index contributed by atoms with van der Waals surface area (Å²) in [6.07, 6.45) is 0.334. The molecule has 0 unspecified atom stereocenters. The number of aromatic amines is 1. The van der Waals surface area contributed by atoms with Crippen LogP contribution < -0.4 is 11.3 Å². The van der Waals surface area contributed by atoms with E-state index in [2.05, 4.69) is 9.97 Å². The number of aromatic nitrogens is 2. The van der Waals surface area contributed by atoms with Crippen LogP contribution >= 0.6 is 0 Å². The van der Waals surface area contributed by atoms with Gasteiger partial charge in [-0.25, -0.2) is 4.98 Å². The smallest absolute Gasteiger partial charge is 0.256 e. The second-order valence-electron chi connectivity index (χ2n) is 3.82. The van der Waals surface area contributed by atoms with Crippen molar-refractivity contribution in [1.82, 2.24) is 9.97 Å². The molecule has 0 saturated heterocycles. The SMILES string of the molecule is Cc1nc(N)[nH]c(=O)c1Cc1ccccc1O. The van der Waals surface area contributed by atoms with Crippen molar-refractivity contribution in [3.63, 3.8) is 0 Å². The normalized spacial score (nSPS) is 10.4. The molecule has 0 spiro atoms. The number of phenolic OH excluding ortho intramolecular Hbond substituents is 1. The zero-order valence-electron chi connectivity index (χ0n) is 9.40. The van der Waals surface area contributed by atoms with Crippen LogP contribution in [0.5, 0.6) is 5.75 Å². The molecule has 17 heavy (non-hydrogen) atoms. The van der Waals surface area contributed by atoms with Gasteiger partial charge in [-0.3, -0.25) is 9.78 Å². The molecule has 5 heteroatoms.